The van der Waals surface area contributed by atoms with E-state index in [0.717, 1.165) is 22.8 Å². The molecule has 0 aliphatic rings. The summed E-state index contributed by atoms with van der Waals surface area (Å²) in [7, 11) is 0. The standard InChI is InChI=1S/C13H12F3N3O2/c14-13(15,16)10-2-1-3-12(21)19(10)7-6-18-8-9(17)4-5-11(18)20/h1-5,8H,6-7,17H2. The van der Waals surface area contributed by atoms with Crippen LogP contribution in [-0.2, 0) is 19.3 Å². The van der Waals surface area contributed by atoms with Crippen molar-refractivity contribution in [3.63, 3.8) is 0 Å². The van der Waals surface area contributed by atoms with Crippen molar-refractivity contribution in [2.24, 2.45) is 0 Å². The Balaban J connectivity index is 2.35. The number of hydrogen-bond acceptors (Lipinski definition) is 3. The molecule has 0 saturated carbocycles. The van der Waals surface area contributed by atoms with Crippen LogP contribution in [0, 0.1) is 0 Å². The summed E-state index contributed by atoms with van der Waals surface area (Å²) < 4.78 is 40.3. The van der Waals surface area contributed by atoms with Crippen molar-refractivity contribution in [2.45, 2.75) is 19.3 Å². The molecule has 0 aromatic carbocycles. The summed E-state index contributed by atoms with van der Waals surface area (Å²) >= 11 is 0. The van der Waals surface area contributed by atoms with Gasteiger partial charge < -0.3 is 14.9 Å². The van der Waals surface area contributed by atoms with Crippen LogP contribution in [0.2, 0.25) is 0 Å². The van der Waals surface area contributed by atoms with Gasteiger partial charge in [0.05, 0.1) is 0 Å². The molecule has 2 rings (SSSR count). The quantitative estimate of drug-likeness (QED) is 0.929. The highest BCUT2D eigenvalue weighted by atomic mass is 19.4. The zero-order valence-corrected chi connectivity index (χ0v) is 10.8. The predicted molar refractivity (Wildman–Crippen MR) is 70.8 cm³/mol. The van der Waals surface area contributed by atoms with Crippen LogP contribution in [0.15, 0.2) is 46.1 Å². The smallest absolute Gasteiger partial charge is 0.398 e. The Bertz CT molecular complexity index is 762. The molecular weight excluding hydrogens is 287 g/mol. The largest absolute Gasteiger partial charge is 0.431 e. The van der Waals surface area contributed by atoms with Gasteiger partial charge >= 0.3 is 6.18 Å². The normalized spacial score (nSPS) is 11.6. The van der Waals surface area contributed by atoms with Crippen molar-refractivity contribution in [3.05, 3.63) is 62.9 Å². The number of hydrogen-bond donors (Lipinski definition) is 1. The van der Waals surface area contributed by atoms with Crippen molar-refractivity contribution >= 4 is 5.69 Å². The number of alkyl halides is 3. The van der Waals surface area contributed by atoms with Gasteiger partial charge in [-0.25, -0.2) is 0 Å². The van der Waals surface area contributed by atoms with E-state index >= 15 is 0 Å². The van der Waals surface area contributed by atoms with E-state index in [4.69, 9.17) is 5.73 Å². The number of aryl methyl sites for hydroxylation is 1. The maximum absolute atomic E-state index is 12.8. The van der Waals surface area contributed by atoms with Crippen LogP contribution in [0.5, 0.6) is 0 Å². The number of rotatable bonds is 3. The van der Waals surface area contributed by atoms with E-state index < -0.39 is 23.0 Å². The Hall–Kier alpha value is -2.51. The first-order valence-corrected chi connectivity index (χ1v) is 6.02. The maximum atomic E-state index is 12.8. The summed E-state index contributed by atoms with van der Waals surface area (Å²) in [5.74, 6) is 0. The monoisotopic (exact) mass is 299 g/mol. The fourth-order valence-electron chi connectivity index (χ4n) is 1.93. The summed E-state index contributed by atoms with van der Waals surface area (Å²) in [5.41, 5.74) is 3.60. The van der Waals surface area contributed by atoms with Gasteiger partial charge in [0.25, 0.3) is 11.1 Å². The van der Waals surface area contributed by atoms with E-state index in [2.05, 4.69) is 0 Å². The molecule has 0 aliphatic heterocycles. The number of nitrogens with zero attached hydrogens (tertiary/aromatic N) is 2. The minimum atomic E-state index is -4.64. The third-order valence-electron chi connectivity index (χ3n) is 2.91. The molecule has 0 unspecified atom stereocenters. The molecule has 112 valence electrons. The van der Waals surface area contributed by atoms with Gasteiger partial charge in [-0.3, -0.25) is 9.59 Å². The summed E-state index contributed by atoms with van der Waals surface area (Å²) in [4.78, 5) is 23.2. The topological polar surface area (TPSA) is 70.0 Å². The Morgan fingerprint density at radius 3 is 2.38 bits per heavy atom. The van der Waals surface area contributed by atoms with Crippen molar-refractivity contribution in [3.8, 4) is 0 Å². The number of anilines is 1. The molecule has 0 amide bonds. The molecule has 0 spiro atoms. The van der Waals surface area contributed by atoms with E-state index in [1.54, 1.807) is 0 Å². The van der Waals surface area contributed by atoms with Crippen molar-refractivity contribution in [1.82, 2.24) is 9.13 Å². The SMILES string of the molecule is Nc1ccc(=O)n(CCn2c(C(F)(F)F)cccc2=O)c1. The predicted octanol–water partition coefficient (Wildman–Crippen LogP) is 1.31. The zero-order chi connectivity index (χ0) is 15.6. The van der Waals surface area contributed by atoms with Gasteiger partial charge in [0.1, 0.15) is 5.69 Å². The van der Waals surface area contributed by atoms with Gasteiger partial charge in [-0.1, -0.05) is 6.07 Å². The van der Waals surface area contributed by atoms with Crippen molar-refractivity contribution in [1.29, 1.82) is 0 Å². The van der Waals surface area contributed by atoms with E-state index in [9.17, 15) is 22.8 Å². The third kappa shape index (κ3) is 3.33. The number of halogens is 3. The second kappa shape index (κ2) is 5.47. The molecule has 0 fully saturated rings. The van der Waals surface area contributed by atoms with Crippen LogP contribution in [0.25, 0.3) is 0 Å². The average Bonchev–Trinajstić information content (AvgIpc) is 2.39. The van der Waals surface area contributed by atoms with Crippen LogP contribution < -0.4 is 16.9 Å². The molecule has 2 aromatic rings. The molecule has 0 aliphatic carbocycles. The van der Waals surface area contributed by atoms with Gasteiger partial charge in [0.2, 0.25) is 0 Å². The fraction of sp³-hybridized carbons (Fsp3) is 0.231. The van der Waals surface area contributed by atoms with Crippen LogP contribution in [0.4, 0.5) is 18.9 Å². The lowest BCUT2D eigenvalue weighted by Crippen LogP contribution is -2.30. The lowest BCUT2D eigenvalue weighted by Gasteiger charge is -2.15. The first-order valence-electron chi connectivity index (χ1n) is 6.02. The summed E-state index contributed by atoms with van der Waals surface area (Å²) in [6.45, 7) is -0.366. The van der Waals surface area contributed by atoms with Crippen molar-refractivity contribution < 1.29 is 13.2 Å². The highest BCUT2D eigenvalue weighted by Crippen LogP contribution is 2.28. The summed E-state index contributed by atoms with van der Waals surface area (Å²) in [5, 5.41) is 0. The molecule has 2 aromatic heterocycles. The minimum absolute atomic E-state index is 0.0864. The molecule has 0 bridgehead atoms. The highest BCUT2D eigenvalue weighted by Gasteiger charge is 2.33. The lowest BCUT2D eigenvalue weighted by atomic mass is 10.3. The van der Waals surface area contributed by atoms with Crippen LogP contribution in [0.3, 0.4) is 0 Å². The number of nitrogen functional groups attached to an aromatic ring is 1. The van der Waals surface area contributed by atoms with E-state index in [-0.39, 0.29) is 13.1 Å². The maximum Gasteiger partial charge on any atom is 0.431 e. The second-order valence-electron chi connectivity index (χ2n) is 4.39. The van der Waals surface area contributed by atoms with E-state index in [1.807, 2.05) is 0 Å². The average molecular weight is 299 g/mol. The molecular formula is C13H12F3N3O2. The van der Waals surface area contributed by atoms with Gasteiger partial charge in [-0.2, -0.15) is 13.2 Å². The molecule has 2 heterocycles. The van der Waals surface area contributed by atoms with Gasteiger partial charge in [0, 0.05) is 37.1 Å². The van der Waals surface area contributed by atoms with Gasteiger partial charge in [-0.05, 0) is 12.1 Å². The first kappa shape index (κ1) is 14.9. The number of aromatic nitrogens is 2. The molecule has 8 heteroatoms. The minimum Gasteiger partial charge on any atom is -0.398 e. The molecule has 21 heavy (non-hydrogen) atoms. The second-order valence-corrected chi connectivity index (χ2v) is 4.39. The zero-order valence-electron chi connectivity index (χ0n) is 10.8. The van der Waals surface area contributed by atoms with Crippen molar-refractivity contribution in [2.75, 3.05) is 5.73 Å². The Kier molecular flexibility index (Phi) is 3.88. The van der Waals surface area contributed by atoms with Gasteiger partial charge in [-0.15, -0.1) is 0 Å². The third-order valence-corrected chi connectivity index (χ3v) is 2.91. The molecule has 0 atom stereocenters. The summed E-state index contributed by atoms with van der Waals surface area (Å²) in [6.07, 6.45) is -3.31. The molecule has 5 nitrogen and oxygen atoms in total. The molecule has 0 radical (unpaired) electrons. The van der Waals surface area contributed by atoms with Gasteiger partial charge in [0.15, 0.2) is 0 Å². The van der Waals surface area contributed by atoms with Crippen LogP contribution in [-0.4, -0.2) is 9.13 Å². The number of pyridine rings is 2. The molecule has 2 N–H and O–H groups in total. The van der Waals surface area contributed by atoms with Crippen LogP contribution in [0.1, 0.15) is 5.69 Å². The number of nitrogens with two attached hydrogens (primary N) is 1. The van der Waals surface area contributed by atoms with Crippen LogP contribution >= 0.6 is 0 Å². The van der Waals surface area contributed by atoms with E-state index in [1.165, 1.54) is 18.3 Å². The molecule has 0 saturated heterocycles. The summed E-state index contributed by atoms with van der Waals surface area (Å²) in [6, 6.07) is 5.53. The Morgan fingerprint density at radius 2 is 1.71 bits per heavy atom. The first-order chi connectivity index (χ1) is 9.79. The fourth-order valence-corrected chi connectivity index (χ4v) is 1.93. The lowest BCUT2D eigenvalue weighted by molar-refractivity contribution is -0.144. The Morgan fingerprint density at radius 1 is 1.00 bits per heavy atom. The van der Waals surface area contributed by atoms with E-state index in [0.29, 0.717) is 10.3 Å². The highest BCUT2D eigenvalue weighted by molar-refractivity contribution is 5.33. The Labute approximate surface area is 117 Å².